The third kappa shape index (κ3) is 3.59. The van der Waals surface area contributed by atoms with Gasteiger partial charge in [0, 0.05) is 23.9 Å². The fraction of sp³-hybridized carbons (Fsp3) is 0.588. The lowest BCUT2D eigenvalue weighted by Gasteiger charge is -2.25. The molecular weight excluding hydrogens is 296 g/mol. The van der Waals surface area contributed by atoms with Crippen molar-refractivity contribution in [2.24, 2.45) is 0 Å². The summed E-state index contributed by atoms with van der Waals surface area (Å²) in [6.45, 7) is 6.34. The minimum absolute atomic E-state index is 0.407. The minimum atomic E-state index is -0.512. The molecule has 2 aromatic rings. The monoisotopic (exact) mass is 320 g/mol. The second-order valence-corrected chi connectivity index (χ2v) is 7.25. The Balaban J connectivity index is 1.60. The van der Waals surface area contributed by atoms with Crippen molar-refractivity contribution in [1.82, 2.24) is 9.88 Å². The van der Waals surface area contributed by atoms with E-state index in [1.165, 1.54) is 11.4 Å². The lowest BCUT2D eigenvalue weighted by Crippen LogP contribution is -2.30. The third-order valence-electron chi connectivity index (χ3n) is 4.29. The fourth-order valence-electron chi connectivity index (χ4n) is 3.09. The van der Waals surface area contributed by atoms with E-state index in [-0.39, 0.29) is 0 Å². The number of thiazole rings is 1. The van der Waals surface area contributed by atoms with Crippen LogP contribution in [0.5, 0.6) is 0 Å². The van der Waals surface area contributed by atoms with Crippen LogP contribution >= 0.6 is 11.3 Å². The molecule has 0 bridgehead atoms. The summed E-state index contributed by atoms with van der Waals surface area (Å²) in [7, 11) is 0. The summed E-state index contributed by atoms with van der Waals surface area (Å²) in [6, 6.07) is 4.08. The van der Waals surface area contributed by atoms with Gasteiger partial charge in [0.15, 0.2) is 0 Å². The smallest absolute Gasteiger partial charge is 0.132 e. The van der Waals surface area contributed by atoms with Crippen LogP contribution in [0.15, 0.2) is 28.2 Å². The number of rotatable bonds is 6. The van der Waals surface area contributed by atoms with E-state index in [1.54, 1.807) is 17.6 Å². The van der Waals surface area contributed by atoms with E-state index in [0.29, 0.717) is 17.7 Å². The molecule has 5 heteroatoms. The van der Waals surface area contributed by atoms with Crippen LogP contribution in [-0.2, 0) is 6.54 Å². The van der Waals surface area contributed by atoms with Crippen molar-refractivity contribution < 1.29 is 9.52 Å². The maximum absolute atomic E-state index is 10.3. The van der Waals surface area contributed by atoms with Gasteiger partial charge in [-0.1, -0.05) is 13.8 Å². The Morgan fingerprint density at radius 1 is 1.50 bits per heavy atom. The summed E-state index contributed by atoms with van der Waals surface area (Å²) in [5, 5.41) is 13.7. The highest BCUT2D eigenvalue weighted by molar-refractivity contribution is 7.09. The number of aromatic nitrogens is 1. The highest BCUT2D eigenvalue weighted by Crippen LogP contribution is 2.29. The van der Waals surface area contributed by atoms with Crippen molar-refractivity contribution in [2.75, 3.05) is 6.54 Å². The predicted octanol–water partition coefficient (Wildman–Crippen LogP) is 3.95. The van der Waals surface area contributed by atoms with Gasteiger partial charge in [0.05, 0.1) is 17.0 Å². The second-order valence-electron chi connectivity index (χ2n) is 6.37. The molecule has 2 atom stereocenters. The standard InChI is InChI=1S/C17H24N2O2S/c1-12(2)17-18-13(11-22-17)10-19-7-3-5-14(19)9-15(20)16-6-4-8-21-16/h4,6,8,11-12,14-15,20H,3,5,7,9-10H2,1-2H3. The second kappa shape index (κ2) is 6.94. The van der Waals surface area contributed by atoms with Gasteiger partial charge in [-0.2, -0.15) is 0 Å². The fourth-order valence-corrected chi connectivity index (χ4v) is 3.92. The molecule has 3 heterocycles. The number of furan rings is 1. The Labute approximate surface area is 135 Å². The van der Waals surface area contributed by atoms with E-state index in [1.807, 2.05) is 12.1 Å². The maximum Gasteiger partial charge on any atom is 0.132 e. The van der Waals surface area contributed by atoms with Crippen molar-refractivity contribution in [3.8, 4) is 0 Å². The zero-order valence-electron chi connectivity index (χ0n) is 13.2. The van der Waals surface area contributed by atoms with E-state index in [9.17, 15) is 5.11 Å². The molecule has 1 aliphatic heterocycles. The molecule has 22 heavy (non-hydrogen) atoms. The zero-order valence-corrected chi connectivity index (χ0v) is 14.1. The van der Waals surface area contributed by atoms with Crippen molar-refractivity contribution in [1.29, 1.82) is 0 Å². The highest BCUT2D eigenvalue weighted by atomic mass is 32.1. The van der Waals surface area contributed by atoms with E-state index < -0.39 is 6.10 Å². The maximum atomic E-state index is 10.3. The lowest BCUT2D eigenvalue weighted by atomic mass is 10.1. The van der Waals surface area contributed by atoms with Gasteiger partial charge in [-0.15, -0.1) is 11.3 Å². The minimum Gasteiger partial charge on any atom is -0.467 e. The molecule has 120 valence electrons. The van der Waals surface area contributed by atoms with Crippen LogP contribution in [-0.4, -0.2) is 27.6 Å². The van der Waals surface area contributed by atoms with Gasteiger partial charge >= 0.3 is 0 Å². The summed E-state index contributed by atoms with van der Waals surface area (Å²) in [5.41, 5.74) is 1.16. The largest absolute Gasteiger partial charge is 0.467 e. The predicted molar refractivity (Wildman–Crippen MR) is 87.9 cm³/mol. The van der Waals surface area contributed by atoms with Crippen LogP contribution in [0.25, 0.3) is 0 Å². The van der Waals surface area contributed by atoms with Gasteiger partial charge in [0.2, 0.25) is 0 Å². The summed E-state index contributed by atoms with van der Waals surface area (Å²) in [5.74, 6) is 1.16. The van der Waals surface area contributed by atoms with Crippen LogP contribution in [0.4, 0.5) is 0 Å². The Morgan fingerprint density at radius 3 is 3.05 bits per heavy atom. The molecular formula is C17H24N2O2S. The van der Waals surface area contributed by atoms with Crippen molar-refractivity contribution in [3.05, 3.63) is 40.2 Å². The van der Waals surface area contributed by atoms with Gasteiger partial charge in [0.25, 0.3) is 0 Å². The molecule has 0 amide bonds. The number of aliphatic hydroxyl groups excluding tert-OH is 1. The normalized spacial score (nSPS) is 20.8. The van der Waals surface area contributed by atoms with E-state index >= 15 is 0 Å². The molecule has 0 saturated carbocycles. The topological polar surface area (TPSA) is 49.5 Å². The van der Waals surface area contributed by atoms with E-state index in [0.717, 1.165) is 31.6 Å². The van der Waals surface area contributed by atoms with Gasteiger partial charge in [0.1, 0.15) is 11.9 Å². The molecule has 2 aromatic heterocycles. The number of nitrogens with zero attached hydrogens (tertiary/aromatic N) is 2. The molecule has 1 N–H and O–H groups in total. The van der Waals surface area contributed by atoms with Crippen LogP contribution < -0.4 is 0 Å². The van der Waals surface area contributed by atoms with Crippen molar-refractivity contribution >= 4 is 11.3 Å². The average molecular weight is 320 g/mol. The van der Waals surface area contributed by atoms with E-state index in [2.05, 4.69) is 24.1 Å². The molecule has 1 saturated heterocycles. The molecule has 2 unspecified atom stereocenters. The van der Waals surface area contributed by atoms with Gasteiger partial charge < -0.3 is 9.52 Å². The van der Waals surface area contributed by atoms with Crippen LogP contribution in [0.1, 0.15) is 61.6 Å². The number of likely N-dealkylation sites (tertiary alicyclic amines) is 1. The molecule has 0 aliphatic carbocycles. The first kappa shape index (κ1) is 15.7. The van der Waals surface area contributed by atoms with Gasteiger partial charge in [-0.25, -0.2) is 4.98 Å². The van der Waals surface area contributed by atoms with Crippen molar-refractivity contribution in [2.45, 2.75) is 57.7 Å². The lowest BCUT2D eigenvalue weighted by molar-refractivity contribution is 0.0991. The quantitative estimate of drug-likeness (QED) is 0.875. The molecule has 0 aromatic carbocycles. The highest BCUT2D eigenvalue weighted by Gasteiger charge is 2.28. The Kier molecular flexibility index (Phi) is 4.96. The number of hydrogen-bond acceptors (Lipinski definition) is 5. The van der Waals surface area contributed by atoms with Crippen molar-refractivity contribution in [3.63, 3.8) is 0 Å². The van der Waals surface area contributed by atoms with E-state index in [4.69, 9.17) is 9.40 Å². The SMILES string of the molecule is CC(C)c1nc(CN2CCCC2CC(O)c2ccco2)cs1. The third-order valence-corrected chi connectivity index (χ3v) is 5.49. The first-order chi connectivity index (χ1) is 10.6. The number of aliphatic hydroxyl groups is 1. The molecule has 4 nitrogen and oxygen atoms in total. The molecule has 3 rings (SSSR count). The van der Waals surface area contributed by atoms with Crippen LogP contribution in [0, 0.1) is 0 Å². The molecule has 1 aliphatic rings. The number of hydrogen-bond donors (Lipinski definition) is 1. The summed E-state index contributed by atoms with van der Waals surface area (Å²) in [4.78, 5) is 7.18. The Morgan fingerprint density at radius 2 is 2.36 bits per heavy atom. The van der Waals surface area contributed by atoms with Gasteiger partial charge in [-0.3, -0.25) is 4.90 Å². The Hall–Kier alpha value is -1.17. The Bertz CT molecular complexity index is 579. The molecule has 0 radical (unpaired) electrons. The van der Waals surface area contributed by atoms with Crippen LogP contribution in [0.2, 0.25) is 0 Å². The van der Waals surface area contributed by atoms with Gasteiger partial charge in [-0.05, 0) is 37.9 Å². The summed E-state index contributed by atoms with van der Waals surface area (Å²) < 4.78 is 5.31. The first-order valence-electron chi connectivity index (χ1n) is 8.03. The zero-order chi connectivity index (χ0) is 15.5. The van der Waals surface area contributed by atoms with Crippen LogP contribution in [0.3, 0.4) is 0 Å². The molecule has 0 spiro atoms. The summed E-state index contributed by atoms with van der Waals surface area (Å²) in [6.07, 6.45) is 4.17. The summed E-state index contributed by atoms with van der Waals surface area (Å²) >= 11 is 1.75. The molecule has 1 fully saturated rings. The average Bonchev–Trinajstić information content (AvgIpc) is 3.20. The first-order valence-corrected chi connectivity index (χ1v) is 8.91.